The molecule has 2 heterocycles. The third kappa shape index (κ3) is 3.88. The zero-order valence-corrected chi connectivity index (χ0v) is 17.8. The maximum absolute atomic E-state index is 12.5. The van der Waals surface area contributed by atoms with Crippen molar-refractivity contribution in [2.24, 2.45) is 4.99 Å². The molecular formula is C22H19ClN2OS2. The van der Waals surface area contributed by atoms with Crippen LogP contribution in [-0.2, 0) is 0 Å². The van der Waals surface area contributed by atoms with Gasteiger partial charge in [-0.3, -0.25) is 4.79 Å². The number of hydrogen-bond donors (Lipinski definition) is 1. The van der Waals surface area contributed by atoms with Crippen molar-refractivity contribution in [3.8, 4) is 0 Å². The molecule has 1 aliphatic rings. The van der Waals surface area contributed by atoms with Crippen LogP contribution in [0.4, 0.5) is 5.69 Å². The second-order valence-corrected chi connectivity index (χ2v) is 8.86. The smallest absolute Gasteiger partial charge is 0.251 e. The lowest BCUT2D eigenvalue weighted by Gasteiger charge is -2.08. The molecule has 2 aromatic carbocycles. The molecule has 0 atom stereocenters. The molecular weight excluding hydrogens is 408 g/mol. The molecule has 0 aliphatic carbocycles. The number of hydrogen-bond acceptors (Lipinski definition) is 4. The standard InChI is InChI=1S/C22H19ClN2OS2/c1-2-3-11-24-22(26)14-8-9-19-17(13-14)25-20(21-16(23)10-12-27-21)15-6-4-5-7-18(15)28-19/h4-10,12-13H,2-3,11H2,1H3,(H,24,26). The van der Waals surface area contributed by atoms with Gasteiger partial charge in [-0.1, -0.05) is 54.9 Å². The predicted molar refractivity (Wildman–Crippen MR) is 119 cm³/mol. The molecule has 142 valence electrons. The SMILES string of the molecule is CCCCNC(=O)c1ccc2c(c1)N=C(c1sccc1Cl)c1ccccc1S2. The van der Waals surface area contributed by atoms with E-state index in [9.17, 15) is 4.79 Å². The van der Waals surface area contributed by atoms with Crippen LogP contribution in [0.25, 0.3) is 0 Å². The van der Waals surface area contributed by atoms with Crippen molar-refractivity contribution >= 4 is 52.0 Å². The molecule has 0 spiro atoms. The van der Waals surface area contributed by atoms with Gasteiger partial charge in [-0.05, 0) is 42.1 Å². The monoisotopic (exact) mass is 426 g/mol. The second-order valence-electron chi connectivity index (χ2n) is 6.45. The highest BCUT2D eigenvalue weighted by molar-refractivity contribution is 7.99. The summed E-state index contributed by atoms with van der Waals surface area (Å²) in [4.78, 5) is 20.6. The first-order chi connectivity index (χ1) is 13.7. The van der Waals surface area contributed by atoms with Crippen LogP contribution in [0.2, 0.25) is 5.02 Å². The van der Waals surface area contributed by atoms with Crippen molar-refractivity contribution in [2.45, 2.75) is 29.6 Å². The van der Waals surface area contributed by atoms with Gasteiger partial charge in [-0.15, -0.1) is 11.3 Å². The van der Waals surface area contributed by atoms with Gasteiger partial charge in [0, 0.05) is 27.5 Å². The highest BCUT2D eigenvalue weighted by Crippen LogP contribution is 2.42. The number of aliphatic imine (C=N–C) groups is 1. The number of nitrogens with one attached hydrogen (secondary N) is 1. The van der Waals surface area contributed by atoms with E-state index in [1.807, 2.05) is 41.8 Å². The predicted octanol–water partition coefficient (Wildman–Crippen LogP) is 6.57. The van der Waals surface area contributed by atoms with E-state index in [0.29, 0.717) is 17.1 Å². The van der Waals surface area contributed by atoms with E-state index in [0.717, 1.165) is 44.5 Å². The van der Waals surface area contributed by atoms with Crippen LogP contribution in [0.3, 0.4) is 0 Å². The van der Waals surface area contributed by atoms with Gasteiger partial charge in [0.25, 0.3) is 5.91 Å². The Morgan fingerprint density at radius 3 is 2.79 bits per heavy atom. The van der Waals surface area contributed by atoms with Crippen LogP contribution >= 0.6 is 34.7 Å². The summed E-state index contributed by atoms with van der Waals surface area (Å²) in [5.74, 6) is -0.0612. The summed E-state index contributed by atoms with van der Waals surface area (Å²) in [5, 5.41) is 5.64. The molecule has 0 saturated heterocycles. The van der Waals surface area contributed by atoms with E-state index in [2.05, 4.69) is 24.4 Å². The Morgan fingerprint density at radius 1 is 1.14 bits per heavy atom. The minimum absolute atomic E-state index is 0.0612. The molecule has 4 rings (SSSR count). The number of unbranched alkanes of at least 4 members (excludes halogenated alkanes) is 1. The number of fused-ring (bicyclic) bond motifs is 2. The van der Waals surface area contributed by atoms with Crippen molar-refractivity contribution in [3.63, 3.8) is 0 Å². The molecule has 0 fully saturated rings. The summed E-state index contributed by atoms with van der Waals surface area (Å²) in [6.45, 7) is 2.79. The fourth-order valence-corrected chi connectivity index (χ4v) is 5.15. The summed E-state index contributed by atoms with van der Waals surface area (Å²) in [6, 6.07) is 15.8. The average Bonchev–Trinajstić information content (AvgIpc) is 3.05. The minimum Gasteiger partial charge on any atom is -0.352 e. The third-order valence-corrected chi connectivity index (χ3v) is 6.95. The van der Waals surface area contributed by atoms with E-state index >= 15 is 0 Å². The topological polar surface area (TPSA) is 41.5 Å². The summed E-state index contributed by atoms with van der Waals surface area (Å²) in [5.41, 5.74) is 3.33. The summed E-state index contributed by atoms with van der Waals surface area (Å²) >= 11 is 9.68. The normalized spacial score (nSPS) is 12.6. The number of carbonyl (C=O) groups is 1. The van der Waals surface area contributed by atoms with Crippen molar-refractivity contribution in [3.05, 3.63) is 74.9 Å². The van der Waals surface area contributed by atoms with Gasteiger partial charge in [0.2, 0.25) is 0 Å². The van der Waals surface area contributed by atoms with Gasteiger partial charge in [-0.2, -0.15) is 0 Å². The largest absolute Gasteiger partial charge is 0.352 e. The zero-order chi connectivity index (χ0) is 19.5. The first-order valence-electron chi connectivity index (χ1n) is 9.19. The van der Waals surface area contributed by atoms with Crippen LogP contribution in [0, 0.1) is 0 Å². The van der Waals surface area contributed by atoms with Gasteiger partial charge in [0.05, 0.1) is 21.3 Å². The number of benzene rings is 2. The third-order valence-electron chi connectivity index (χ3n) is 4.46. The summed E-state index contributed by atoms with van der Waals surface area (Å²) in [6.07, 6.45) is 2.02. The number of rotatable bonds is 5. The highest BCUT2D eigenvalue weighted by atomic mass is 35.5. The van der Waals surface area contributed by atoms with Crippen molar-refractivity contribution in [2.75, 3.05) is 6.54 Å². The van der Waals surface area contributed by atoms with Crippen LogP contribution in [0.1, 0.15) is 40.6 Å². The number of nitrogens with zero attached hydrogens (tertiary/aromatic N) is 1. The molecule has 3 nitrogen and oxygen atoms in total. The molecule has 0 saturated carbocycles. The van der Waals surface area contributed by atoms with Gasteiger partial charge in [0.1, 0.15) is 0 Å². The van der Waals surface area contributed by atoms with Crippen LogP contribution in [0.5, 0.6) is 0 Å². The van der Waals surface area contributed by atoms with Gasteiger partial charge < -0.3 is 5.32 Å². The van der Waals surface area contributed by atoms with Crippen LogP contribution < -0.4 is 5.32 Å². The van der Waals surface area contributed by atoms with Crippen LogP contribution in [-0.4, -0.2) is 18.2 Å². The van der Waals surface area contributed by atoms with E-state index in [-0.39, 0.29) is 5.91 Å². The minimum atomic E-state index is -0.0612. The lowest BCUT2D eigenvalue weighted by atomic mass is 10.1. The maximum atomic E-state index is 12.5. The van der Waals surface area contributed by atoms with Crippen molar-refractivity contribution < 1.29 is 4.79 Å². The molecule has 6 heteroatoms. The van der Waals surface area contributed by atoms with Crippen molar-refractivity contribution in [1.82, 2.24) is 5.32 Å². The molecule has 0 bridgehead atoms. The molecule has 0 radical (unpaired) electrons. The summed E-state index contributed by atoms with van der Waals surface area (Å²) < 4.78 is 0. The lowest BCUT2D eigenvalue weighted by molar-refractivity contribution is 0.0953. The Morgan fingerprint density at radius 2 is 2.00 bits per heavy atom. The Labute approximate surface area is 177 Å². The molecule has 0 unspecified atom stereocenters. The molecule has 1 aromatic heterocycles. The summed E-state index contributed by atoms with van der Waals surface area (Å²) in [7, 11) is 0. The number of amides is 1. The number of carbonyl (C=O) groups excluding carboxylic acids is 1. The quantitative estimate of drug-likeness (QED) is 0.367. The van der Waals surface area contributed by atoms with E-state index in [4.69, 9.17) is 16.6 Å². The maximum Gasteiger partial charge on any atom is 0.251 e. The highest BCUT2D eigenvalue weighted by Gasteiger charge is 2.22. The Balaban J connectivity index is 1.79. The first kappa shape index (κ1) is 19.2. The average molecular weight is 427 g/mol. The Bertz CT molecular complexity index is 1060. The van der Waals surface area contributed by atoms with E-state index in [1.54, 1.807) is 23.1 Å². The lowest BCUT2D eigenvalue weighted by Crippen LogP contribution is -2.24. The molecule has 3 aromatic rings. The van der Waals surface area contributed by atoms with Gasteiger partial charge in [0.15, 0.2) is 0 Å². The van der Waals surface area contributed by atoms with Gasteiger partial charge in [-0.25, -0.2) is 4.99 Å². The van der Waals surface area contributed by atoms with Crippen molar-refractivity contribution in [1.29, 1.82) is 0 Å². The van der Waals surface area contributed by atoms with Gasteiger partial charge >= 0.3 is 0 Å². The fraction of sp³-hybridized carbons (Fsp3) is 0.182. The fourth-order valence-electron chi connectivity index (χ4n) is 3.00. The number of halogens is 1. The van der Waals surface area contributed by atoms with E-state index < -0.39 is 0 Å². The first-order valence-corrected chi connectivity index (χ1v) is 11.3. The molecule has 28 heavy (non-hydrogen) atoms. The number of thiophene rings is 1. The zero-order valence-electron chi connectivity index (χ0n) is 15.4. The molecule has 1 amide bonds. The molecule has 1 aliphatic heterocycles. The van der Waals surface area contributed by atoms with Crippen LogP contribution in [0.15, 0.2) is 68.7 Å². The Hall–Kier alpha value is -2.08. The second kappa shape index (κ2) is 8.52. The van der Waals surface area contributed by atoms with E-state index in [1.165, 1.54) is 0 Å². The Kier molecular flexibility index (Phi) is 5.85. The molecule has 1 N–H and O–H groups in total.